The van der Waals surface area contributed by atoms with Crippen LogP contribution in [0.1, 0.15) is 21.5 Å². The van der Waals surface area contributed by atoms with E-state index in [9.17, 15) is 14.0 Å². The van der Waals surface area contributed by atoms with Crippen molar-refractivity contribution >= 4 is 28.6 Å². The number of esters is 1. The summed E-state index contributed by atoms with van der Waals surface area (Å²) in [6.45, 7) is 5.94. The van der Waals surface area contributed by atoms with Crippen LogP contribution < -0.4 is 4.90 Å². The van der Waals surface area contributed by atoms with E-state index in [0.29, 0.717) is 42.8 Å². The molecular formula is C35H31FN4O3. The Morgan fingerprint density at radius 3 is 1.86 bits per heavy atom. The van der Waals surface area contributed by atoms with Gasteiger partial charge in [0.1, 0.15) is 5.82 Å². The molecule has 0 spiro atoms. The predicted molar refractivity (Wildman–Crippen MR) is 165 cm³/mol. The molecule has 7 nitrogen and oxygen atoms in total. The van der Waals surface area contributed by atoms with Crippen molar-refractivity contribution in [2.24, 2.45) is 0 Å². The second-order valence-corrected chi connectivity index (χ2v) is 10.8. The average Bonchev–Trinajstić information content (AvgIpc) is 3.04. The summed E-state index contributed by atoms with van der Waals surface area (Å²) < 4.78 is 18.7. The van der Waals surface area contributed by atoms with Crippen molar-refractivity contribution in [3.8, 4) is 22.5 Å². The van der Waals surface area contributed by atoms with Crippen LogP contribution in [0.4, 0.5) is 10.1 Å². The number of anilines is 1. The number of carbonyl (C=O) groups is 2. The van der Waals surface area contributed by atoms with E-state index in [2.05, 4.69) is 4.90 Å². The third-order valence-electron chi connectivity index (χ3n) is 7.70. The van der Waals surface area contributed by atoms with Gasteiger partial charge in [0.15, 0.2) is 6.61 Å². The maximum absolute atomic E-state index is 13.2. The zero-order valence-electron chi connectivity index (χ0n) is 24.1. The van der Waals surface area contributed by atoms with Gasteiger partial charge >= 0.3 is 5.97 Å². The van der Waals surface area contributed by atoms with Gasteiger partial charge in [-0.05, 0) is 56.3 Å². The highest BCUT2D eigenvalue weighted by Gasteiger charge is 2.23. The number of benzene rings is 4. The molecule has 216 valence electrons. The smallest absolute Gasteiger partial charge is 0.338 e. The van der Waals surface area contributed by atoms with Crippen LogP contribution in [0.5, 0.6) is 0 Å². The highest BCUT2D eigenvalue weighted by molar-refractivity contribution is 5.96. The molecule has 1 fully saturated rings. The van der Waals surface area contributed by atoms with E-state index in [1.165, 1.54) is 12.1 Å². The Kier molecular flexibility index (Phi) is 7.83. The number of aromatic nitrogens is 2. The number of halogens is 1. The van der Waals surface area contributed by atoms with Crippen molar-refractivity contribution in [2.45, 2.75) is 13.8 Å². The molecule has 1 aliphatic heterocycles. The Labute approximate surface area is 249 Å². The second kappa shape index (κ2) is 12.0. The van der Waals surface area contributed by atoms with E-state index in [4.69, 9.17) is 14.7 Å². The van der Waals surface area contributed by atoms with Crippen LogP contribution >= 0.6 is 0 Å². The number of hydrogen-bond donors (Lipinski definition) is 0. The SMILES string of the molecule is Cc1ccc(-c2nc3ccc(C(=O)OCC(=O)N4CCN(c5ccc(F)cc5)CC4)cc3nc2-c2ccc(C)cc2)cc1. The lowest BCUT2D eigenvalue weighted by atomic mass is 10.0. The maximum atomic E-state index is 13.2. The molecule has 43 heavy (non-hydrogen) atoms. The molecule has 5 aromatic rings. The van der Waals surface area contributed by atoms with E-state index in [1.54, 1.807) is 35.2 Å². The minimum Gasteiger partial charge on any atom is -0.452 e. The van der Waals surface area contributed by atoms with Gasteiger partial charge < -0.3 is 14.5 Å². The highest BCUT2D eigenvalue weighted by atomic mass is 19.1. The van der Waals surface area contributed by atoms with Crippen LogP contribution in [0.2, 0.25) is 0 Å². The second-order valence-electron chi connectivity index (χ2n) is 10.8. The summed E-state index contributed by atoms with van der Waals surface area (Å²) in [5.41, 5.74) is 8.08. The molecule has 1 amide bonds. The molecule has 2 heterocycles. The standard InChI is InChI=1S/C35H31FN4O3/c1-23-3-7-25(8-4-23)33-34(26-9-5-24(2)6-10-26)38-31-21-27(11-16-30(31)37-33)35(42)43-22-32(41)40-19-17-39(18-20-40)29-14-12-28(36)13-15-29/h3-16,21H,17-20,22H2,1-2H3. The highest BCUT2D eigenvalue weighted by Crippen LogP contribution is 2.31. The fourth-order valence-electron chi connectivity index (χ4n) is 5.17. The van der Waals surface area contributed by atoms with Gasteiger partial charge in [0, 0.05) is 43.0 Å². The lowest BCUT2D eigenvalue weighted by Gasteiger charge is -2.36. The number of ether oxygens (including phenoxy) is 1. The van der Waals surface area contributed by atoms with Crippen molar-refractivity contribution in [3.63, 3.8) is 0 Å². The van der Waals surface area contributed by atoms with Crippen molar-refractivity contribution in [3.05, 3.63) is 114 Å². The molecule has 1 aromatic heterocycles. The maximum Gasteiger partial charge on any atom is 0.338 e. The van der Waals surface area contributed by atoms with E-state index in [1.807, 2.05) is 62.4 Å². The third-order valence-corrected chi connectivity index (χ3v) is 7.70. The number of amides is 1. The summed E-state index contributed by atoms with van der Waals surface area (Å²) in [6, 6.07) is 27.7. The van der Waals surface area contributed by atoms with Crippen molar-refractivity contribution in [1.29, 1.82) is 0 Å². The third kappa shape index (κ3) is 6.23. The molecule has 1 aliphatic rings. The first-order chi connectivity index (χ1) is 20.8. The number of rotatable bonds is 6. The molecule has 0 aliphatic carbocycles. The lowest BCUT2D eigenvalue weighted by Crippen LogP contribution is -2.49. The minimum absolute atomic E-state index is 0.253. The predicted octanol–water partition coefficient (Wildman–Crippen LogP) is 6.23. The Hall–Kier alpha value is -5.11. The number of fused-ring (bicyclic) bond motifs is 1. The van der Waals surface area contributed by atoms with Crippen LogP contribution in [0.25, 0.3) is 33.5 Å². The minimum atomic E-state index is -0.596. The first-order valence-electron chi connectivity index (χ1n) is 14.3. The number of carbonyl (C=O) groups excluding carboxylic acids is 2. The summed E-state index contributed by atoms with van der Waals surface area (Å²) in [5, 5.41) is 0. The Morgan fingerprint density at radius 1 is 0.721 bits per heavy atom. The van der Waals surface area contributed by atoms with Crippen LogP contribution in [0.15, 0.2) is 91.0 Å². The number of aryl methyl sites for hydroxylation is 2. The summed E-state index contributed by atoms with van der Waals surface area (Å²) in [4.78, 5) is 39.5. The monoisotopic (exact) mass is 574 g/mol. The van der Waals surface area contributed by atoms with Crippen molar-refractivity contribution < 1.29 is 18.7 Å². The van der Waals surface area contributed by atoms with Crippen LogP contribution in [0, 0.1) is 19.7 Å². The quantitative estimate of drug-likeness (QED) is 0.224. The molecule has 8 heteroatoms. The molecular weight excluding hydrogens is 543 g/mol. The van der Waals surface area contributed by atoms with Crippen LogP contribution in [0.3, 0.4) is 0 Å². The molecule has 0 radical (unpaired) electrons. The topological polar surface area (TPSA) is 75.6 Å². The van der Waals surface area contributed by atoms with E-state index in [0.717, 1.165) is 39.3 Å². The largest absolute Gasteiger partial charge is 0.452 e. The molecule has 1 saturated heterocycles. The fourth-order valence-corrected chi connectivity index (χ4v) is 5.17. The van der Waals surface area contributed by atoms with Gasteiger partial charge in [-0.25, -0.2) is 19.2 Å². The lowest BCUT2D eigenvalue weighted by molar-refractivity contribution is -0.134. The Morgan fingerprint density at radius 2 is 1.28 bits per heavy atom. The summed E-state index contributed by atoms with van der Waals surface area (Å²) >= 11 is 0. The van der Waals surface area contributed by atoms with Crippen LogP contribution in [-0.2, 0) is 9.53 Å². The van der Waals surface area contributed by atoms with Gasteiger partial charge in [-0.2, -0.15) is 0 Å². The molecule has 0 saturated carbocycles. The molecule has 0 unspecified atom stereocenters. The van der Waals surface area contributed by atoms with E-state index in [-0.39, 0.29) is 18.3 Å². The first kappa shape index (κ1) is 28.0. The van der Waals surface area contributed by atoms with Gasteiger partial charge in [-0.15, -0.1) is 0 Å². The zero-order valence-corrected chi connectivity index (χ0v) is 24.1. The normalized spacial score (nSPS) is 13.3. The molecule has 0 N–H and O–H groups in total. The van der Waals surface area contributed by atoms with Gasteiger partial charge in [-0.1, -0.05) is 59.7 Å². The fraction of sp³-hybridized carbons (Fsp3) is 0.200. The van der Waals surface area contributed by atoms with Crippen molar-refractivity contribution in [2.75, 3.05) is 37.7 Å². The Balaban J connectivity index is 1.17. The average molecular weight is 575 g/mol. The number of nitrogens with zero attached hydrogens (tertiary/aromatic N) is 4. The summed E-state index contributed by atoms with van der Waals surface area (Å²) in [7, 11) is 0. The van der Waals surface area contributed by atoms with Crippen LogP contribution in [-0.4, -0.2) is 59.5 Å². The first-order valence-corrected chi connectivity index (χ1v) is 14.3. The number of piperazine rings is 1. The molecule has 0 atom stereocenters. The van der Waals surface area contributed by atoms with E-state index < -0.39 is 5.97 Å². The van der Waals surface area contributed by atoms with Gasteiger partial charge in [0.2, 0.25) is 0 Å². The zero-order chi connectivity index (χ0) is 29.9. The Bertz CT molecular complexity index is 1780. The van der Waals surface area contributed by atoms with Gasteiger partial charge in [0.25, 0.3) is 5.91 Å². The van der Waals surface area contributed by atoms with Gasteiger partial charge in [0.05, 0.1) is 28.0 Å². The molecule has 6 rings (SSSR count). The van der Waals surface area contributed by atoms with E-state index >= 15 is 0 Å². The number of hydrogen-bond acceptors (Lipinski definition) is 6. The summed E-state index contributed by atoms with van der Waals surface area (Å²) in [6.07, 6.45) is 0. The molecule has 0 bridgehead atoms. The summed E-state index contributed by atoms with van der Waals surface area (Å²) in [5.74, 6) is -1.13. The van der Waals surface area contributed by atoms with Gasteiger partial charge in [-0.3, -0.25) is 4.79 Å². The van der Waals surface area contributed by atoms with Crippen molar-refractivity contribution in [1.82, 2.24) is 14.9 Å². The molecule has 4 aromatic carbocycles.